The molecule has 1 fully saturated rings. The molecular weight excluding hydrogens is 406 g/mol. The molecule has 0 aromatic heterocycles. The Morgan fingerprint density at radius 3 is 1.66 bits per heavy atom. The molecule has 3 aromatic rings. The fourth-order valence-electron chi connectivity index (χ4n) is 4.36. The topological polar surface area (TPSA) is 94.2 Å². The molecule has 5 atom stereocenters. The molecule has 3 aromatic carbocycles. The van der Waals surface area contributed by atoms with Crippen molar-refractivity contribution in [3.8, 4) is 0 Å². The third kappa shape index (κ3) is 4.21. The Morgan fingerprint density at radius 2 is 1.25 bits per heavy atom. The second kappa shape index (κ2) is 9.92. The number of aliphatic hydroxyl groups excluding tert-OH is 2. The van der Waals surface area contributed by atoms with Gasteiger partial charge in [0.1, 0.15) is 23.9 Å². The van der Waals surface area contributed by atoms with Gasteiger partial charge in [-0.1, -0.05) is 91.0 Å². The summed E-state index contributed by atoms with van der Waals surface area (Å²) in [6, 6.07) is 28.9. The summed E-state index contributed by atoms with van der Waals surface area (Å²) < 4.78 is 17.9. The van der Waals surface area contributed by atoms with Crippen LogP contribution in [-0.4, -0.2) is 54.6 Å². The lowest BCUT2D eigenvalue weighted by Gasteiger charge is -2.43. The van der Waals surface area contributed by atoms with Crippen LogP contribution in [0.4, 0.5) is 0 Å². The molecule has 0 saturated carbocycles. The summed E-state index contributed by atoms with van der Waals surface area (Å²) in [5, 5.41) is 20.7. The first-order chi connectivity index (χ1) is 15.6. The van der Waals surface area contributed by atoms with Crippen LogP contribution in [0.1, 0.15) is 16.7 Å². The predicted molar refractivity (Wildman–Crippen MR) is 121 cm³/mol. The summed E-state index contributed by atoms with van der Waals surface area (Å²) in [7, 11) is 1.48. The first-order valence-electron chi connectivity index (χ1n) is 10.7. The third-order valence-electron chi connectivity index (χ3n) is 6.02. The van der Waals surface area contributed by atoms with E-state index in [1.807, 2.05) is 91.0 Å². The minimum atomic E-state index is -1.32. The number of rotatable bonds is 7. The molecule has 5 unspecified atom stereocenters. The zero-order valence-corrected chi connectivity index (χ0v) is 18.0. The normalized spacial score (nSPS) is 26.1. The summed E-state index contributed by atoms with van der Waals surface area (Å²) in [6.07, 6.45) is -3.87. The number of ether oxygens (including phenoxy) is 3. The Labute approximate surface area is 188 Å². The van der Waals surface area contributed by atoms with Gasteiger partial charge in [0.05, 0.1) is 12.6 Å². The van der Waals surface area contributed by atoms with Crippen molar-refractivity contribution in [2.45, 2.75) is 36.2 Å². The van der Waals surface area contributed by atoms with Gasteiger partial charge >= 0.3 is 0 Å². The fourth-order valence-corrected chi connectivity index (χ4v) is 4.36. The zero-order valence-electron chi connectivity index (χ0n) is 18.0. The van der Waals surface area contributed by atoms with Gasteiger partial charge in [0, 0.05) is 7.11 Å². The van der Waals surface area contributed by atoms with E-state index in [9.17, 15) is 10.2 Å². The molecule has 1 saturated heterocycles. The van der Waals surface area contributed by atoms with Crippen molar-refractivity contribution >= 4 is 0 Å². The molecule has 0 aliphatic carbocycles. The van der Waals surface area contributed by atoms with E-state index in [1.54, 1.807) is 0 Å². The van der Waals surface area contributed by atoms with Crippen LogP contribution in [0.5, 0.6) is 0 Å². The minimum absolute atomic E-state index is 0.0536. The lowest BCUT2D eigenvalue weighted by atomic mass is 9.80. The molecule has 1 aliphatic heterocycles. The SMILES string of the molecule is COC1C(COC(c2ccccc2)(c2ccccc2)c2ccccc2)OC(O)C(N)C1O. The molecule has 168 valence electrons. The van der Waals surface area contributed by atoms with Gasteiger partial charge in [-0.25, -0.2) is 0 Å². The van der Waals surface area contributed by atoms with Crippen LogP contribution >= 0.6 is 0 Å². The van der Waals surface area contributed by atoms with Crippen LogP contribution in [0.25, 0.3) is 0 Å². The van der Waals surface area contributed by atoms with Crippen molar-refractivity contribution in [1.82, 2.24) is 0 Å². The van der Waals surface area contributed by atoms with E-state index in [2.05, 4.69) is 0 Å². The lowest BCUT2D eigenvalue weighted by molar-refractivity contribution is -0.261. The summed E-state index contributed by atoms with van der Waals surface area (Å²) in [6.45, 7) is 0.0536. The van der Waals surface area contributed by atoms with Crippen molar-refractivity contribution < 1.29 is 24.4 Å². The summed E-state index contributed by atoms with van der Waals surface area (Å²) in [5.41, 5.74) is 7.75. The van der Waals surface area contributed by atoms with Gasteiger partial charge in [-0.05, 0) is 16.7 Å². The number of methoxy groups -OCH3 is 1. The molecule has 4 rings (SSSR count). The molecular formula is C26H29NO5. The van der Waals surface area contributed by atoms with Crippen LogP contribution in [0, 0.1) is 0 Å². The molecule has 0 bridgehead atoms. The van der Waals surface area contributed by atoms with Crippen LogP contribution in [-0.2, 0) is 19.8 Å². The average Bonchev–Trinajstić information content (AvgIpc) is 2.85. The molecule has 1 heterocycles. The number of nitrogens with two attached hydrogens (primary N) is 1. The molecule has 6 heteroatoms. The van der Waals surface area contributed by atoms with Gasteiger partial charge in [0.15, 0.2) is 6.29 Å². The average molecular weight is 436 g/mol. The van der Waals surface area contributed by atoms with Gasteiger partial charge in [-0.3, -0.25) is 0 Å². The maximum Gasteiger partial charge on any atom is 0.173 e. The van der Waals surface area contributed by atoms with Crippen molar-refractivity contribution in [1.29, 1.82) is 0 Å². The molecule has 0 amide bonds. The summed E-state index contributed by atoms with van der Waals surface area (Å²) >= 11 is 0. The molecule has 1 aliphatic rings. The van der Waals surface area contributed by atoms with E-state index >= 15 is 0 Å². The zero-order chi connectivity index (χ0) is 22.6. The Bertz CT molecular complexity index is 873. The van der Waals surface area contributed by atoms with Gasteiger partial charge in [0.25, 0.3) is 0 Å². The number of hydrogen-bond donors (Lipinski definition) is 3. The van der Waals surface area contributed by atoms with E-state index in [0.29, 0.717) is 0 Å². The quantitative estimate of drug-likeness (QED) is 0.494. The number of hydrogen-bond acceptors (Lipinski definition) is 6. The third-order valence-corrected chi connectivity index (χ3v) is 6.02. The molecule has 0 radical (unpaired) electrons. The van der Waals surface area contributed by atoms with Crippen LogP contribution < -0.4 is 5.73 Å². The van der Waals surface area contributed by atoms with Gasteiger partial charge in [-0.2, -0.15) is 0 Å². The van der Waals surface area contributed by atoms with E-state index < -0.39 is 36.2 Å². The largest absolute Gasteiger partial charge is 0.388 e. The Hall–Kier alpha value is -2.58. The van der Waals surface area contributed by atoms with Gasteiger partial charge in [0.2, 0.25) is 0 Å². The van der Waals surface area contributed by atoms with Gasteiger partial charge < -0.3 is 30.2 Å². The fraction of sp³-hybridized carbons (Fsp3) is 0.308. The van der Waals surface area contributed by atoms with Crippen molar-refractivity contribution in [2.75, 3.05) is 13.7 Å². The second-order valence-electron chi connectivity index (χ2n) is 7.92. The Balaban J connectivity index is 1.78. The summed E-state index contributed by atoms with van der Waals surface area (Å²) in [4.78, 5) is 0. The number of aliphatic hydroxyl groups is 2. The smallest absolute Gasteiger partial charge is 0.173 e. The molecule has 6 nitrogen and oxygen atoms in total. The number of benzene rings is 3. The van der Waals surface area contributed by atoms with E-state index in [0.717, 1.165) is 16.7 Å². The van der Waals surface area contributed by atoms with Crippen molar-refractivity contribution in [3.63, 3.8) is 0 Å². The van der Waals surface area contributed by atoms with E-state index in [1.165, 1.54) is 7.11 Å². The maximum atomic E-state index is 10.5. The first-order valence-corrected chi connectivity index (χ1v) is 10.7. The highest BCUT2D eigenvalue weighted by atomic mass is 16.6. The molecule has 4 N–H and O–H groups in total. The van der Waals surface area contributed by atoms with Crippen LogP contribution in [0.2, 0.25) is 0 Å². The standard InChI is InChI=1S/C26H29NO5/c1-30-24-21(32-25(29)22(27)23(24)28)17-31-26(18-11-5-2-6-12-18,19-13-7-3-8-14-19)20-15-9-4-10-16-20/h2-16,21-25,28-29H,17,27H2,1H3. The highest BCUT2D eigenvalue weighted by Gasteiger charge is 2.45. The maximum absolute atomic E-state index is 10.5. The first kappa shape index (κ1) is 22.6. The molecule has 0 spiro atoms. The van der Waals surface area contributed by atoms with Crippen molar-refractivity contribution in [3.05, 3.63) is 108 Å². The van der Waals surface area contributed by atoms with Crippen molar-refractivity contribution in [2.24, 2.45) is 5.73 Å². The van der Waals surface area contributed by atoms with Crippen LogP contribution in [0.3, 0.4) is 0 Å². The minimum Gasteiger partial charge on any atom is -0.388 e. The predicted octanol–water partition coefficient (Wildman–Crippen LogP) is 2.42. The Morgan fingerprint density at radius 1 is 0.812 bits per heavy atom. The summed E-state index contributed by atoms with van der Waals surface area (Å²) in [5.74, 6) is 0. The van der Waals surface area contributed by atoms with Gasteiger partial charge in [-0.15, -0.1) is 0 Å². The highest BCUT2D eigenvalue weighted by molar-refractivity contribution is 5.47. The highest BCUT2D eigenvalue weighted by Crippen LogP contribution is 2.41. The van der Waals surface area contributed by atoms with E-state index in [4.69, 9.17) is 19.9 Å². The monoisotopic (exact) mass is 435 g/mol. The van der Waals surface area contributed by atoms with E-state index in [-0.39, 0.29) is 6.61 Å². The second-order valence-corrected chi connectivity index (χ2v) is 7.92. The Kier molecular flexibility index (Phi) is 7.01. The molecule has 32 heavy (non-hydrogen) atoms. The lowest BCUT2D eigenvalue weighted by Crippen LogP contribution is -2.62. The van der Waals surface area contributed by atoms with Crippen LogP contribution in [0.15, 0.2) is 91.0 Å².